The lowest BCUT2D eigenvalue weighted by Gasteiger charge is -2.27. The van der Waals surface area contributed by atoms with Crippen LogP contribution in [0.25, 0.3) is 0 Å². The van der Waals surface area contributed by atoms with Crippen molar-refractivity contribution in [3.05, 3.63) is 51.5 Å². The highest BCUT2D eigenvalue weighted by Crippen LogP contribution is 2.30. The lowest BCUT2D eigenvalue weighted by atomic mass is 10.0. The Kier molecular flexibility index (Phi) is 4.78. The van der Waals surface area contributed by atoms with Gasteiger partial charge in [-0.05, 0) is 55.5 Å². The predicted octanol–water partition coefficient (Wildman–Crippen LogP) is 4.24. The fourth-order valence-electron chi connectivity index (χ4n) is 2.28. The number of benzene rings is 1. The van der Waals surface area contributed by atoms with Crippen molar-refractivity contribution in [2.24, 2.45) is 5.73 Å². The molecule has 0 radical (unpaired) electrons. The van der Waals surface area contributed by atoms with Crippen molar-refractivity contribution in [1.29, 1.82) is 0 Å². The minimum Gasteiger partial charge on any atom is -0.366 e. The topological polar surface area (TPSA) is 29.3 Å². The number of nitrogens with two attached hydrogens (primary N) is 1. The van der Waals surface area contributed by atoms with Crippen LogP contribution in [0.2, 0.25) is 0 Å². The normalized spacial score (nSPS) is 12.4. The van der Waals surface area contributed by atoms with Crippen molar-refractivity contribution in [3.63, 3.8) is 0 Å². The number of rotatable bonds is 5. The van der Waals surface area contributed by atoms with E-state index in [1.54, 1.807) is 24.3 Å². The Bertz CT molecular complexity index is 564. The zero-order valence-electron chi connectivity index (χ0n) is 12.2. The van der Waals surface area contributed by atoms with Crippen LogP contribution in [0.4, 0.5) is 10.1 Å². The minimum absolute atomic E-state index is 0.183. The predicted molar refractivity (Wildman–Crippen MR) is 84.8 cm³/mol. The maximum Gasteiger partial charge on any atom is 0.126 e. The molecule has 2 N–H and O–H groups in total. The molecule has 2 nitrogen and oxygen atoms in total. The SMILES string of the molecule is CCN(Cc1cccs1)c1cc(C)c(F)cc1C(C)N. The van der Waals surface area contributed by atoms with E-state index in [1.807, 2.05) is 13.0 Å². The van der Waals surface area contributed by atoms with Gasteiger partial charge in [0.05, 0.1) is 6.54 Å². The second-order valence-corrected chi connectivity index (χ2v) is 6.07. The lowest BCUT2D eigenvalue weighted by Crippen LogP contribution is -2.24. The molecule has 0 spiro atoms. The van der Waals surface area contributed by atoms with E-state index in [9.17, 15) is 4.39 Å². The summed E-state index contributed by atoms with van der Waals surface area (Å²) < 4.78 is 13.8. The van der Waals surface area contributed by atoms with Crippen molar-refractivity contribution in [3.8, 4) is 0 Å². The summed E-state index contributed by atoms with van der Waals surface area (Å²) in [5.41, 5.74) is 8.57. The molecule has 0 aliphatic carbocycles. The monoisotopic (exact) mass is 292 g/mol. The molecular formula is C16H21FN2S. The molecule has 0 bridgehead atoms. The number of hydrogen-bond donors (Lipinski definition) is 1. The quantitative estimate of drug-likeness (QED) is 0.893. The first kappa shape index (κ1) is 15.0. The van der Waals surface area contributed by atoms with Crippen LogP contribution in [0.15, 0.2) is 29.6 Å². The summed E-state index contributed by atoms with van der Waals surface area (Å²) >= 11 is 1.74. The molecule has 1 heterocycles. The molecule has 0 saturated carbocycles. The fourth-order valence-corrected chi connectivity index (χ4v) is 3.00. The Labute approximate surface area is 124 Å². The molecule has 0 aliphatic rings. The first-order chi connectivity index (χ1) is 9.52. The molecule has 4 heteroatoms. The van der Waals surface area contributed by atoms with Gasteiger partial charge < -0.3 is 10.6 Å². The molecule has 1 aromatic heterocycles. The Morgan fingerprint density at radius 1 is 1.40 bits per heavy atom. The van der Waals surface area contributed by atoms with E-state index in [1.165, 1.54) is 4.88 Å². The second-order valence-electron chi connectivity index (χ2n) is 5.04. The van der Waals surface area contributed by atoms with E-state index in [2.05, 4.69) is 29.3 Å². The van der Waals surface area contributed by atoms with E-state index < -0.39 is 0 Å². The van der Waals surface area contributed by atoms with Gasteiger partial charge in [0, 0.05) is 23.2 Å². The van der Waals surface area contributed by atoms with E-state index in [0.29, 0.717) is 5.56 Å². The molecule has 0 amide bonds. The van der Waals surface area contributed by atoms with Gasteiger partial charge in [-0.3, -0.25) is 0 Å². The zero-order chi connectivity index (χ0) is 14.7. The van der Waals surface area contributed by atoms with Gasteiger partial charge in [-0.15, -0.1) is 11.3 Å². The molecule has 0 aliphatic heterocycles. The van der Waals surface area contributed by atoms with Gasteiger partial charge in [-0.25, -0.2) is 4.39 Å². The molecule has 20 heavy (non-hydrogen) atoms. The average Bonchev–Trinajstić information content (AvgIpc) is 2.91. The van der Waals surface area contributed by atoms with Crippen LogP contribution >= 0.6 is 11.3 Å². The van der Waals surface area contributed by atoms with Gasteiger partial charge >= 0.3 is 0 Å². The van der Waals surface area contributed by atoms with Crippen LogP contribution in [-0.4, -0.2) is 6.54 Å². The van der Waals surface area contributed by atoms with Crippen molar-refractivity contribution in [2.45, 2.75) is 33.4 Å². The molecule has 1 atom stereocenters. The van der Waals surface area contributed by atoms with Gasteiger partial charge in [-0.1, -0.05) is 6.07 Å². The third-order valence-electron chi connectivity index (χ3n) is 3.45. The van der Waals surface area contributed by atoms with Crippen LogP contribution in [-0.2, 0) is 6.54 Å². The molecule has 108 valence electrons. The Balaban J connectivity index is 2.39. The zero-order valence-corrected chi connectivity index (χ0v) is 13.0. The van der Waals surface area contributed by atoms with Crippen molar-refractivity contribution < 1.29 is 4.39 Å². The number of halogens is 1. The third-order valence-corrected chi connectivity index (χ3v) is 4.31. The van der Waals surface area contributed by atoms with Crippen molar-refractivity contribution >= 4 is 17.0 Å². The molecule has 2 rings (SSSR count). The first-order valence-electron chi connectivity index (χ1n) is 6.85. The summed E-state index contributed by atoms with van der Waals surface area (Å²) in [7, 11) is 0. The summed E-state index contributed by atoms with van der Waals surface area (Å²) in [4.78, 5) is 3.54. The molecule has 2 aromatic rings. The van der Waals surface area contributed by atoms with Crippen LogP contribution < -0.4 is 10.6 Å². The average molecular weight is 292 g/mol. The summed E-state index contributed by atoms with van der Waals surface area (Å²) in [6.07, 6.45) is 0. The minimum atomic E-state index is -0.187. The first-order valence-corrected chi connectivity index (χ1v) is 7.73. The summed E-state index contributed by atoms with van der Waals surface area (Å²) in [5.74, 6) is -0.187. The number of nitrogens with zero attached hydrogens (tertiary/aromatic N) is 1. The third kappa shape index (κ3) is 3.19. The summed E-state index contributed by atoms with van der Waals surface area (Å²) in [6, 6.07) is 7.47. The van der Waals surface area contributed by atoms with Crippen molar-refractivity contribution in [2.75, 3.05) is 11.4 Å². The second kappa shape index (κ2) is 6.37. The molecule has 1 aromatic carbocycles. The highest BCUT2D eigenvalue weighted by molar-refractivity contribution is 7.09. The van der Waals surface area contributed by atoms with Gasteiger partial charge in [-0.2, -0.15) is 0 Å². The lowest BCUT2D eigenvalue weighted by molar-refractivity contribution is 0.612. The smallest absolute Gasteiger partial charge is 0.126 e. The number of aryl methyl sites for hydroxylation is 1. The highest BCUT2D eigenvalue weighted by atomic mass is 32.1. The van der Waals surface area contributed by atoms with Gasteiger partial charge in [0.2, 0.25) is 0 Å². The number of anilines is 1. The van der Waals surface area contributed by atoms with E-state index >= 15 is 0 Å². The Morgan fingerprint density at radius 3 is 2.70 bits per heavy atom. The highest BCUT2D eigenvalue weighted by Gasteiger charge is 2.16. The largest absolute Gasteiger partial charge is 0.366 e. The number of thiophene rings is 1. The molecule has 1 unspecified atom stereocenters. The van der Waals surface area contributed by atoms with Crippen molar-refractivity contribution in [1.82, 2.24) is 0 Å². The van der Waals surface area contributed by atoms with Crippen LogP contribution in [0.1, 0.15) is 35.9 Å². The van der Waals surface area contributed by atoms with E-state index in [4.69, 9.17) is 5.73 Å². The standard InChI is InChI=1S/C16H21FN2S/c1-4-19(10-13-6-5-7-20-13)16-8-11(2)15(17)9-14(16)12(3)18/h5-9,12H,4,10,18H2,1-3H3. The van der Waals surface area contributed by atoms with E-state index in [-0.39, 0.29) is 11.9 Å². The van der Waals surface area contributed by atoms with E-state index in [0.717, 1.165) is 24.3 Å². The van der Waals surface area contributed by atoms with Gasteiger partial charge in [0.15, 0.2) is 0 Å². The molecule has 0 fully saturated rings. The maximum absolute atomic E-state index is 13.8. The Hall–Kier alpha value is -1.39. The maximum atomic E-state index is 13.8. The summed E-state index contributed by atoms with van der Waals surface area (Å²) in [5, 5.41) is 2.07. The Morgan fingerprint density at radius 2 is 2.15 bits per heavy atom. The molecule has 0 saturated heterocycles. The van der Waals surface area contributed by atoms with Crippen LogP contribution in [0.5, 0.6) is 0 Å². The van der Waals surface area contributed by atoms with Gasteiger partial charge in [0.1, 0.15) is 5.82 Å². The summed E-state index contributed by atoms with van der Waals surface area (Å²) in [6.45, 7) is 7.49. The molecular weight excluding hydrogens is 271 g/mol. The number of hydrogen-bond acceptors (Lipinski definition) is 3. The van der Waals surface area contributed by atoms with Crippen LogP contribution in [0, 0.1) is 12.7 Å². The fraction of sp³-hybridized carbons (Fsp3) is 0.375. The van der Waals surface area contributed by atoms with Crippen LogP contribution in [0.3, 0.4) is 0 Å². The van der Waals surface area contributed by atoms with Gasteiger partial charge in [0.25, 0.3) is 0 Å².